The topological polar surface area (TPSA) is 193 Å². The van der Waals surface area contributed by atoms with Crippen molar-refractivity contribution < 1.29 is 28.8 Å². The van der Waals surface area contributed by atoms with E-state index in [4.69, 9.17) is 4.74 Å². The lowest BCUT2D eigenvalue weighted by Gasteiger charge is -2.34. The Balaban J connectivity index is 0.00000304. The molecule has 2 atom stereocenters. The van der Waals surface area contributed by atoms with E-state index < -0.39 is 29.8 Å². The molecule has 0 unspecified atom stereocenters. The molecule has 36 heavy (non-hydrogen) atoms. The van der Waals surface area contributed by atoms with Crippen LogP contribution in [0.25, 0.3) is 11.4 Å². The minimum absolute atomic E-state index is 0. The molecule has 0 spiro atoms. The molecule has 1 aromatic heterocycles. The van der Waals surface area contributed by atoms with Crippen LogP contribution in [-0.2, 0) is 20.9 Å². The van der Waals surface area contributed by atoms with Crippen molar-refractivity contribution >= 4 is 29.1 Å². The maximum Gasteiger partial charge on any atom is 0.439 e. The predicted octanol–water partition coefficient (Wildman–Crippen LogP) is 0.509. The third-order valence-electron chi connectivity index (χ3n) is 5.93. The second-order valence-corrected chi connectivity index (χ2v) is 8.24. The number of H-pyrrole nitrogens is 1. The number of rotatable bonds is 5. The molecule has 3 heterocycles. The first-order valence-electron chi connectivity index (χ1n) is 10.8. The molecule has 1 saturated heterocycles. The smallest absolute Gasteiger partial charge is 0.380 e. The molecule has 13 heteroatoms. The van der Waals surface area contributed by atoms with Crippen molar-refractivity contribution in [3.05, 3.63) is 64.1 Å². The van der Waals surface area contributed by atoms with Crippen LogP contribution in [0.3, 0.4) is 0 Å². The van der Waals surface area contributed by atoms with E-state index in [2.05, 4.69) is 20.0 Å². The average Bonchev–Trinajstić information content (AvgIpc) is 3.41. The predicted molar refractivity (Wildman–Crippen MR) is 127 cm³/mol. The number of fused-ring (bicyclic) bond motifs is 1. The molecule has 6 N–H and O–H groups in total. The van der Waals surface area contributed by atoms with Crippen molar-refractivity contribution in [2.45, 2.75) is 18.8 Å². The summed E-state index contributed by atoms with van der Waals surface area (Å²) in [4.78, 5) is 54.4. The Hall–Kier alpha value is -4.33. The third-order valence-corrected chi connectivity index (χ3v) is 5.93. The fourth-order valence-electron chi connectivity index (χ4n) is 4.13. The zero-order valence-corrected chi connectivity index (χ0v) is 19.3. The maximum absolute atomic E-state index is 13.1. The number of nitrogens with zero attached hydrogens (tertiary/aromatic N) is 3. The van der Waals surface area contributed by atoms with E-state index in [1.807, 2.05) is 0 Å². The van der Waals surface area contributed by atoms with Crippen molar-refractivity contribution in [1.82, 2.24) is 21.2 Å². The Morgan fingerprint density at radius 1 is 1.19 bits per heavy atom. The third kappa shape index (κ3) is 4.49. The summed E-state index contributed by atoms with van der Waals surface area (Å²) < 4.78 is 9.92. The van der Waals surface area contributed by atoms with Gasteiger partial charge in [-0.3, -0.25) is 23.9 Å². The van der Waals surface area contributed by atoms with E-state index in [1.165, 1.54) is 4.90 Å². The van der Waals surface area contributed by atoms with E-state index in [0.717, 1.165) is 5.56 Å². The van der Waals surface area contributed by atoms with Crippen LogP contribution in [0.5, 0.6) is 0 Å². The Labute approximate surface area is 204 Å². The molecule has 13 nitrogen and oxygen atoms in total. The summed E-state index contributed by atoms with van der Waals surface area (Å²) >= 11 is 0. The summed E-state index contributed by atoms with van der Waals surface area (Å²) in [6, 6.07) is 11.4. The Morgan fingerprint density at radius 3 is 2.64 bits per heavy atom. The minimum atomic E-state index is -1.75. The van der Waals surface area contributed by atoms with Gasteiger partial charge in [-0.1, -0.05) is 5.16 Å². The molecule has 0 radical (unpaired) electrons. The lowest BCUT2D eigenvalue weighted by molar-refractivity contribution is -0.150. The molecule has 2 aliphatic heterocycles. The number of amides is 3. The fraction of sp³-hybridized carbons (Fsp3) is 0.261. The zero-order chi connectivity index (χ0) is 24.7. The molecular formula is C23H24N6O7. The number of aliphatic hydroxyl groups excluding tert-OH is 1. The normalized spacial score (nSPS) is 18.0. The van der Waals surface area contributed by atoms with Crippen molar-refractivity contribution in [3.63, 3.8) is 0 Å². The van der Waals surface area contributed by atoms with Gasteiger partial charge < -0.3 is 31.1 Å². The van der Waals surface area contributed by atoms with E-state index in [0.29, 0.717) is 29.0 Å². The summed E-state index contributed by atoms with van der Waals surface area (Å²) in [6.45, 7) is 0.819. The Bertz CT molecular complexity index is 1370. The van der Waals surface area contributed by atoms with Crippen molar-refractivity contribution in [2.24, 2.45) is 0 Å². The standard InChI is InChI=1S/C23H21N5O7.H3N/c1-27-11-13-10-15(6-7-16(13)21(27)31)28-8-9-34-18(22(28)32)17(29)20(30)24-14-4-2-12(3-5-14)19-25-23(33)35-26-19;/h2-7,10,17-18,29H,8-9,11H2,1H3,(H,24,30)(H,25,26,33);1H3/t17-,18-;/m1./s1. The SMILES string of the molecule is CN1Cc2cc(N3CCO[C@H]([C@@H](O)C(=O)Nc4ccc(-c5noc(=O)[nH]5)cc4)C3=O)ccc2C1=O.N. The van der Waals surface area contributed by atoms with Gasteiger partial charge in [0.2, 0.25) is 0 Å². The van der Waals surface area contributed by atoms with Crippen LogP contribution in [-0.4, -0.2) is 70.3 Å². The summed E-state index contributed by atoms with van der Waals surface area (Å²) in [7, 11) is 1.70. The van der Waals surface area contributed by atoms with Crippen molar-refractivity contribution in [2.75, 3.05) is 30.4 Å². The summed E-state index contributed by atoms with van der Waals surface area (Å²) in [5, 5.41) is 16.7. The van der Waals surface area contributed by atoms with Crippen LogP contribution in [0.1, 0.15) is 15.9 Å². The first-order valence-corrected chi connectivity index (χ1v) is 10.8. The number of hydrogen-bond donors (Lipinski definition) is 4. The monoisotopic (exact) mass is 496 g/mol. The Morgan fingerprint density at radius 2 is 1.94 bits per heavy atom. The molecule has 0 saturated carbocycles. The number of aromatic amines is 1. The summed E-state index contributed by atoms with van der Waals surface area (Å²) in [5.41, 5.74) is 2.88. The van der Waals surface area contributed by atoms with Crippen molar-refractivity contribution in [3.8, 4) is 11.4 Å². The zero-order valence-electron chi connectivity index (χ0n) is 19.3. The van der Waals surface area contributed by atoms with E-state index in [9.17, 15) is 24.3 Å². The van der Waals surface area contributed by atoms with Crippen LogP contribution in [0.15, 0.2) is 51.8 Å². The minimum Gasteiger partial charge on any atom is -0.380 e. The number of carbonyl (C=O) groups is 3. The maximum atomic E-state index is 13.1. The molecule has 0 bridgehead atoms. The van der Waals surface area contributed by atoms with E-state index in [1.54, 1.807) is 54.4 Å². The number of aliphatic hydroxyl groups is 1. The molecule has 188 valence electrons. The van der Waals surface area contributed by atoms with Crippen LogP contribution in [0.4, 0.5) is 11.4 Å². The number of aromatic nitrogens is 2. The van der Waals surface area contributed by atoms with Gasteiger partial charge in [-0.25, -0.2) is 4.79 Å². The van der Waals surface area contributed by atoms with Gasteiger partial charge in [0.25, 0.3) is 17.7 Å². The summed E-state index contributed by atoms with van der Waals surface area (Å²) in [5.74, 6) is -1.90. The van der Waals surface area contributed by atoms with Crippen molar-refractivity contribution in [1.29, 1.82) is 0 Å². The molecule has 2 aliphatic rings. The number of nitrogens with one attached hydrogen (secondary N) is 2. The average molecular weight is 496 g/mol. The highest BCUT2D eigenvalue weighted by molar-refractivity contribution is 6.04. The Kier molecular flexibility index (Phi) is 6.70. The van der Waals surface area contributed by atoms with Gasteiger partial charge >= 0.3 is 5.76 Å². The number of ether oxygens (including phenoxy) is 1. The van der Waals surface area contributed by atoms with Gasteiger partial charge in [0, 0.05) is 42.6 Å². The number of hydrogen-bond acceptors (Lipinski definition) is 9. The van der Waals surface area contributed by atoms with Crippen LogP contribution in [0, 0.1) is 0 Å². The molecule has 5 rings (SSSR count). The number of benzene rings is 2. The highest BCUT2D eigenvalue weighted by Gasteiger charge is 2.39. The molecule has 2 aromatic carbocycles. The number of morpholine rings is 1. The van der Waals surface area contributed by atoms with Gasteiger partial charge in [-0.15, -0.1) is 0 Å². The van der Waals surface area contributed by atoms with Crippen LogP contribution >= 0.6 is 0 Å². The number of carbonyl (C=O) groups excluding carboxylic acids is 3. The highest BCUT2D eigenvalue weighted by atomic mass is 16.5. The first kappa shape index (κ1) is 24.8. The van der Waals surface area contributed by atoms with E-state index in [-0.39, 0.29) is 31.0 Å². The molecule has 3 aromatic rings. The van der Waals surface area contributed by atoms with Gasteiger partial charge in [0.05, 0.1) is 6.61 Å². The fourth-order valence-corrected chi connectivity index (χ4v) is 4.13. The second kappa shape index (κ2) is 9.73. The quantitative estimate of drug-likeness (QED) is 0.389. The highest BCUT2D eigenvalue weighted by Crippen LogP contribution is 2.28. The number of anilines is 2. The molecule has 1 fully saturated rings. The van der Waals surface area contributed by atoms with Gasteiger partial charge in [-0.2, -0.15) is 0 Å². The molecule has 0 aliphatic carbocycles. The second-order valence-electron chi connectivity index (χ2n) is 8.24. The lowest BCUT2D eigenvalue weighted by atomic mass is 10.1. The van der Waals surface area contributed by atoms with Gasteiger partial charge in [0.15, 0.2) is 18.0 Å². The summed E-state index contributed by atoms with van der Waals surface area (Å²) in [6.07, 6.45) is -3.14. The van der Waals surface area contributed by atoms with Gasteiger partial charge in [-0.05, 0) is 48.0 Å². The van der Waals surface area contributed by atoms with Crippen LogP contribution in [0.2, 0.25) is 0 Å². The first-order chi connectivity index (χ1) is 16.8. The largest absolute Gasteiger partial charge is 0.439 e. The van der Waals surface area contributed by atoms with Gasteiger partial charge in [0.1, 0.15) is 0 Å². The van der Waals surface area contributed by atoms with E-state index >= 15 is 0 Å². The molecule has 3 amide bonds. The molecular weight excluding hydrogens is 472 g/mol. The lowest BCUT2D eigenvalue weighted by Crippen LogP contribution is -2.55. The van der Waals surface area contributed by atoms with Crippen LogP contribution < -0.4 is 22.1 Å².